The lowest BCUT2D eigenvalue weighted by Gasteiger charge is -2.35. The standard InChI is InChI=1S/C14H21NO5Si.C7H4ClNO4/c1-14(2,3)21(4,5)19-10-13(16)20-12-8-6-11(7-9-12)15(17)18;8-7(10)13-6-3-1-5(2-4-6)9(11)12/h6-9H,10H2,1-5H3;1-4H. The number of hydrogen-bond donors (Lipinski definition) is 0. The predicted octanol–water partition coefficient (Wildman–Crippen LogP) is 5.85. The van der Waals surface area contributed by atoms with Crippen LogP contribution in [-0.4, -0.2) is 36.2 Å². The summed E-state index contributed by atoms with van der Waals surface area (Å²) in [4.78, 5) is 41.7. The third-order valence-corrected chi connectivity index (χ3v) is 9.44. The first-order valence-corrected chi connectivity index (χ1v) is 13.1. The molecule has 0 amide bonds. The van der Waals surface area contributed by atoms with Crippen molar-refractivity contribution >= 4 is 42.7 Å². The Balaban J connectivity index is 0.000000380. The summed E-state index contributed by atoms with van der Waals surface area (Å²) >= 11 is 4.92. The van der Waals surface area contributed by atoms with Crippen molar-refractivity contribution in [1.29, 1.82) is 0 Å². The van der Waals surface area contributed by atoms with Gasteiger partial charge in [0.25, 0.3) is 11.4 Å². The molecular formula is C21H25ClN2O9Si. The van der Waals surface area contributed by atoms with Crippen LogP contribution < -0.4 is 9.47 Å². The van der Waals surface area contributed by atoms with Gasteiger partial charge in [-0.25, -0.2) is 9.59 Å². The first-order chi connectivity index (χ1) is 15.6. The van der Waals surface area contributed by atoms with E-state index in [0.717, 1.165) is 0 Å². The maximum atomic E-state index is 11.7. The van der Waals surface area contributed by atoms with Crippen molar-refractivity contribution in [2.75, 3.05) is 6.61 Å². The van der Waals surface area contributed by atoms with Crippen molar-refractivity contribution in [2.45, 2.75) is 38.9 Å². The molecule has 2 aromatic carbocycles. The van der Waals surface area contributed by atoms with Crippen LogP contribution in [0.5, 0.6) is 11.5 Å². The van der Waals surface area contributed by atoms with Gasteiger partial charge >= 0.3 is 11.4 Å². The summed E-state index contributed by atoms with van der Waals surface area (Å²) < 4.78 is 15.3. The number of benzene rings is 2. The van der Waals surface area contributed by atoms with E-state index < -0.39 is 29.6 Å². The molecule has 2 rings (SSSR count). The molecule has 13 heteroatoms. The number of non-ortho nitro benzene ring substituents is 2. The SMILES string of the molecule is CC(C)(C)[Si](C)(C)OCC(=O)Oc1ccc([N+](=O)[O-])cc1.O=C(Cl)Oc1ccc([N+](=O)[O-])cc1. The summed E-state index contributed by atoms with van der Waals surface area (Å²) in [6.45, 7) is 10.2. The van der Waals surface area contributed by atoms with Gasteiger partial charge in [-0.3, -0.25) is 20.2 Å². The fourth-order valence-corrected chi connectivity index (χ4v) is 2.98. The lowest BCUT2D eigenvalue weighted by Crippen LogP contribution is -2.42. The van der Waals surface area contributed by atoms with Crippen LogP contribution in [0.15, 0.2) is 48.5 Å². The van der Waals surface area contributed by atoms with Gasteiger partial charge in [0.1, 0.15) is 18.1 Å². The molecular weight excluding hydrogens is 488 g/mol. The van der Waals surface area contributed by atoms with Gasteiger partial charge in [0.2, 0.25) is 0 Å². The van der Waals surface area contributed by atoms with Crippen LogP contribution in [0.2, 0.25) is 18.1 Å². The molecule has 0 aliphatic carbocycles. The van der Waals surface area contributed by atoms with Crippen molar-refractivity contribution in [3.05, 3.63) is 68.8 Å². The quantitative estimate of drug-likeness (QED) is 0.111. The number of esters is 1. The maximum Gasteiger partial charge on any atom is 0.409 e. The lowest BCUT2D eigenvalue weighted by molar-refractivity contribution is -0.385. The Bertz CT molecular complexity index is 1020. The minimum Gasteiger partial charge on any atom is -0.425 e. The number of nitro benzene ring substituents is 2. The average Bonchev–Trinajstić information content (AvgIpc) is 2.72. The van der Waals surface area contributed by atoms with E-state index in [0.29, 0.717) is 0 Å². The number of ether oxygens (including phenoxy) is 2. The molecule has 0 unspecified atom stereocenters. The summed E-state index contributed by atoms with van der Waals surface area (Å²) in [7, 11) is -2.00. The summed E-state index contributed by atoms with van der Waals surface area (Å²) in [6, 6.07) is 10.4. The van der Waals surface area contributed by atoms with E-state index in [1.807, 2.05) is 13.1 Å². The Kier molecular flexibility index (Phi) is 10.3. The third kappa shape index (κ3) is 9.64. The average molecular weight is 513 g/mol. The molecule has 34 heavy (non-hydrogen) atoms. The molecule has 0 aliphatic rings. The highest BCUT2D eigenvalue weighted by Crippen LogP contribution is 2.36. The van der Waals surface area contributed by atoms with E-state index in [-0.39, 0.29) is 34.5 Å². The van der Waals surface area contributed by atoms with E-state index in [9.17, 15) is 29.8 Å². The Morgan fingerprint density at radius 3 is 1.56 bits per heavy atom. The van der Waals surface area contributed by atoms with Crippen molar-refractivity contribution in [3.8, 4) is 11.5 Å². The number of carbonyl (C=O) groups is 2. The van der Waals surface area contributed by atoms with Gasteiger partial charge in [-0.2, -0.15) is 0 Å². The van der Waals surface area contributed by atoms with E-state index in [4.69, 9.17) is 20.8 Å². The highest BCUT2D eigenvalue weighted by Gasteiger charge is 2.37. The molecule has 184 valence electrons. The van der Waals surface area contributed by atoms with Gasteiger partial charge < -0.3 is 13.9 Å². The fourth-order valence-electron chi connectivity index (χ4n) is 1.98. The zero-order chi connectivity index (χ0) is 26.1. The van der Waals surface area contributed by atoms with Crippen LogP contribution in [0.3, 0.4) is 0 Å². The van der Waals surface area contributed by atoms with E-state index in [1.165, 1.54) is 48.5 Å². The van der Waals surface area contributed by atoms with Gasteiger partial charge in [-0.1, -0.05) is 20.8 Å². The van der Waals surface area contributed by atoms with Gasteiger partial charge in [-0.05, 0) is 42.4 Å². The van der Waals surface area contributed by atoms with Crippen LogP contribution >= 0.6 is 11.6 Å². The normalized spacial score (nSPS) is 11.0. The molecule has 0 N–H and O–H groups in total. The zero-order valence-corrected chi connectivity index (χ0v) is 21.0. The minimum absolute atomic E-state index is 0.0145. The summed E-state index contributed by atoms with van der Waals surface area (Å²) in [6.07, 6.45) is 0. The second kappa shape index (κ2) is 12.2. The summed E-state index contributed by atoms with van der Waals surface area (Å²) in [5.41, 5.74) is -1.10. The van der Waals surface area contributed by atoms with Gasteiger partial charge in [0.15, 0.2) is 8.32 Å². The molecule has 0 atom stereocenters. The lowest BCUT2D eigenvalue weighted by atomic mass is 10.2. The number of rotatable bonds is 7. The van der Waals surface area contributed by atoms with Crippen molar-refractivity contribution in [1.82, 2.24) is 0 Å². The molecule has 0 fully saturated rings. The molecule has 2 aromatic rings. The van der Waals surface area contributed by atoms with Gasteiger partial charge in [0.05, 0.1) is 9.85 Å². The zero-order valence-electron chi connectivity index (χ0n) is 19.3. The largest absolute Gasteiger partial charge is 0.425 e. The van der Waals surface area contributed by atoms with Gasteiger partial charge in [-0.15, -0.1) is 0 Å². The molecule has 0 saturated heterocycles. The first kappa shape index (κ1) is 28.7. The fraction of sp³-hybridized carbons (Fsp3) is 0.333. The monoisotopic (exact) mass is 512 g/mol. The highest BCUT2D eigenvalue weighted by molar-refractivity contribution is 6.74. The number of hydrogen-bond acceptors (Lipinski definition) is 9. The molecule has 0 spiro atoms. The smallest absolute Gasteiger partial charge is 0.409 e. The number of nitro groups is 2. The molecule has 0 radical (unpaired) electrons. The van der Waals surface area contributed by atoms with Crippen LogP contribution in [0.4, 0.5) is 16.2 Å². The molecule has 0 bridgehead atoms. The highest BCUT2D eigenvalue weighted by atomic mass is 35.5. The molecule has 11 nitrogen and oxygen atoms in total. The van der Waals surface area contributed by atoms with Crippen LogP contribution in [0, 0.1) is 20.2 Å². The van der Waals surface area contributed by atoms with Crippen molar-refractivity contribution in [2.24, 2.45) is 0 Å². The molecule has 0 saturated carbocycles. The van der Waals surface area contributed by atoms with Gasteiger partial charge in [0, 0.05) is 35.9 Å². The third-order valence-electron chi connectivity index (χ3n) is 4.88. The second-order valence-corrected chi connectivity index (χ2v) is 13.5. The van der Waals surface area contributed by atoms with Crippen LogP contribution in [0.1, 0.15) is 20.8 Å². The maximum absolute atomic E-state index is 11.7. The number of nitrogens with zero attached hydrogens (tertiary/aromatic N) is 2. The van der Waals surface area contributed by atoms with Crippen molar-refractivity contribution < 1.29 is 33.3 Å². The number of halogens is 1. The Labute approximate surface area is 202 Å². The summed E-state index contributed by atoms with van der Waals surface area (Å²) in [5.74, 6) is -0.0660. The van der Waals surface area contributed by atoms with E-state index in [2.05, 4.69) is 25.5 Å². The first-order valence-electron chi connectivity index (χ1n) is 9.83. The molecule has 0 heterocycles. The topological polar surface area (TPSA) is 148 Å². The van der Waals surface area contributed by atoms with E-state index in [1.54, 1.807) is 0 Å². The summed E-state index contributed by atoms with van der Waals surface area (Å²) in [5, 5.41) is 20.7. The Hall–Kier alpha value is -3.35. The second-order valence-electron chi connectivity index (χ2n) is 8.36. The number of carbonyl (C=O) groups excluding carboxylic acids is 2. The molecule has 0 aliphatic heterocycles. The van der Waals surface area contributed by atoms with Crippen LogP contribution in [0.25, 0.3) is 0 Å². The Morgan fingerprint density at radius 2 is 1.24 bits per heavy atom. The Morgan fingerprint density at radius 1 is 0.853 bits per heavy atom. The van der Waals surface area contributed by atoms with E-state index >= 15 is 0 Å². The predicted molar refractivity (Wildman–Crippen MR) is 127 cm³/mol. The van der Waals surface area contributed by atoms with Crippen molar-refractivity contribution in [3.63, 3.8) is 0 Å². The van der Waals surface area contributed by atoms with Crippen LogP contribution in [-0.2, 0) is 9.22 Å². The molecule has 0 aromatic heterocycles. The minimum atomic E-state index is -2.00.